The Bertz CT molecular complexity index is 572. The minimum absolute atomic E-state index is 0.264. The van der Waals surface area contributed by atoms with Crippen molar-refractivity contribution in [2.24, 2.45) is 0 Å². The molecule has 116 valence electrons. The number of likely N-dealkylation sites (tertiary alicyclic amines) is 1. The summed E-state index contributed by atoms with van der Waals surface area (Å²) in [6.07, 6.45) is 4.61. The summed E-state index contributed by atoms with van der Waals surface area (Å²) in [7, 11) is 0. The van der Waals surface area contributed by atoms with Crippen LogP contribution in [0.3, 0.4) is 0 Å². The number of rotatable bonds is 4. The van der Waals surface area contributed by atoms with Crippen LogP contribution in [0.2, 0.25) is 0 Å². The molecule has 2 N–H and O–H groups in total. The highest BCUT2D eigenvalue weighted by molar-refractivity contribution is 5.66. The number of aromatic hydroxyl groups is 1. The number of piperidine rings is 1. The van der Waals surface area contributed by atoms with Gasteiger partial charge in [0.1, 0.15) is 6.54 Å². The van der Waals surface area contributed by atoms with Crippen molar-refractivity contribution >= 4 is 5.97 Å². The first-order valence-corrected chi connectivity index (χ1v) is 7.28. The molecule has 6 heteroatoms. The van der Waals surface area contributed by atoms with Gasteiger partial charge in [0.15, 0.2) is 5.75 Å². The van der Waals surface area contributed by atoms with Crippen LogP contribution in [0.15, 0.2) is 17.1 Å². The molecule has 0 saturated carbocycles. The maximum Gasteiger partial charge on any atom is 0.323 e. The van der Waals surface area contributed by atoms with E-state index in [0.29, 0.717) is 24.3 Å². The molecule has 21 heavy (non-hydrogen) atoms. The smallest absolute Gasteiger partial charge is 0.323 e. The molecule has 2 unspecified atom stereocenters. The third kappa shape index (κ3) is 3.64. The van der Waals surface area contributed by atoms with Crippen LogP contribution < -0.4 is 5.43 Å². The summed E-state index contributed by atoms with van der Waals surface area (Å²) in [6, 6.07) is 2.14. The minimum atomic E-state index is -1.00. The topological polar surface area (TPSA) is 82.8 Å². The molecular formula is C15H22N2O4. The van der Waals surface area contributed by atoms with Gasteiger partial charge in [-0.15, -0.1) is 0 Å². The predicted octanol–water partition coefficient (Wildman–Crippen LogP) is 1.40. The summed E-state index contributed by atoms with van der Waals surface area (Å²) < 4.78 is 1.44. The molecule has 1 fully saturated rings. The molecule has 0 bridgehead atoms. The lowest BCUT2D eigenvalue weighted by Crippen LogP contribution is -2.43. The van der Waals surface area contributed by atoms with Gasteiger partial charge < -0.3 is 14.8 Å². The normalized spacial score (nSPS) is 23.1. The third-order valence-electron chi connectivity index (χ3n) is 4.22. The van der Waals surface area contributed by atoms with Crippen molar-refractivity contribution < 1.29 is 15.0 Å². The van der Waals surface area contributed by atoms with Crippen molar-refractivity contribution in [3.63, 3.8) is 0 Å². The maximum atomic E-state index is 11.7. The molecule has 0 radical (unpaired) electrons. The van der Waals surface area contributed by atoms with Gasteiger partial charge >= 0.3 is 5.97 Å². The highest BCUT2D eigenvalue weighted by atomic mass is 16.4. The van der Waals surface area contributed by atoms with Crippen molar-refractivity contribution in [1.29, 1.82) is 0 Å². The quantitative estimate of drug-likeness (QED) is 0.877. The van der Waals surface area contributed by atoms with Gasteiger partial charge in [0.05, 0.1) is 6.20 Å². The van der Waals surface area contributed by atoms with E-state index in [1.54, 1.807) is 0 Å². The fourth-order valence-electron chi connectivity index (χ4n) is 3.01. The molecule has 0 spiro atoms. The number of hydrogen-bond donors (Lipinski definition) is 2. The summed E-state index contributed by atoms with van der Waals surface area (Å²) in [6.45, 7) is 4.55. The highest BCUT2D eigenvalue weighted by Gasteiger charge is 2.25. The van der Waals surface area contributed by atoms with Crippen LogP contribution >= 0.6 is 0 Å². The Balaban J connectivity index is 2.31. The van der Waals surface area contributed by atoms with E-state index in [4.69, 9.17) is 5.11 Å². The fraction of sp³-hybridized carbons (Fsp3) is 0.600. The molecule has 2 heterocycles. The van der Waals surface area contributed by atoms with Crippen LogP contribution in [0.1, 0.15) is 38.8 Å². The molecule has 1 aliphatic rings. The second-order valence-electron chi connectivity index (χ2n) is 5.84. The molecule has 0 aliphatic carbocycles. The minimum Gasteiger partial charge on any atom is -0.503 e. The summed E-state index contributed by atoms with van der Waals surface area (Å²) >= 11 is 0. The van der Waals surface area contributed by atoms with Crippen LogP contribution in [0, 0.1) is 0 Å². The number of nitrogens with zero attached hydrogens (tertiary/aromatic N) is 2. The Labute approximate surface area is 123 Å². The SMILES string of the molecule is CC1CCCC(C)N1Cc1cc(=O)c(O)cn1CC(=O)O. The summed E-state index contributed by atoms with van der Waals surface area (Å²) in [5.41, 5.74) is 0.157. The van der Waals surface area contributed by atoms with Crippen LogP contribution in [-0.4, -0.2) is 37.7 Å². The number of carbonyl (C=O) groups is 1. The van der Waals surface area contributed by atoms with Gasteiger partial charge in [-0.3, -0.25) is 14.5 Å². The van der Waals surface area contributed by atoms with E-state index in [2.05, 4.69) is 18.7 Å². The Hall–Kier alpha value is -1.82. The second kappa shape index (κ2) is 6.30. The second-order valence-corrected chi connectivity index (χ2v) is 5.84. The van der Waals surface area contributed by atoms with Crippen molar-refractivity contribution in [2.75, 3.05) is 0 Å². The van der Waals surface area contributed by atoms with E-state index < -0.39 is 17.1 Å². The van der Waals surface area contributed by atoms with Crippen LogP contribution in [0.5, 0.6) is 5.75 Å². The average Bonchev–Trinajstić information content (AvgIpc) is 2.39. The largest absolute Gasteiger partial charge is 0.503 e. The Morgan fingerprint density at radius 2 is 1.95 bits per heavy atom. The van der Waals surface area contributed by atoms with E-state index in [0.717, 1.165) is 12.8 Å². The first kappa shape index (κ1) is 15.6. The van der Waals surface area contributed by atoms with Crippen molar-refractivity contribution in [3.8, 4) is 5.75 Å². The van der Waals surface area contributed by atoms with E-state index >= 15 is 0 Å². The van der Waals surface area contributed by atoms with Gasteiger partial charge in [-0.1, -0.05) is 6.42 Å². The number of carboxylic acids is 1. The number of aromatic nitrogens is 1. The Kier molecular flexibility index (Phi) is 4.67. The standard InChI is InChI=1S/C15H22N2O4/c1-10-4-3-5-11(2)17(10)7-12-6-13(18)14(19)8-16(12)9-15(20)21/h6,8,10-11,19H,3-5,7,9H2,1-2H3,(H,20,21). The number of pyridine rings is 1. The summed E-state index contributed by atoms with van der Waals surface area (Å²) in [5.74, 6) is -1.42. The zero-order valence-electron chi connectivity index (χ0n) is 12.5. The molecule has 1 saturated heterocycles. The molecular weight excluding hydrogens is 272 g/mol. The maximum absolute atomic E-state index is 11.7. The van der Waals surface area contributed by atoms with Gasteiger partial charge in [0.25, 0.3) is 0 Å². The highest BCUT2D eigenvalue weighted by Crippen LogP contribution is 2.24. The molecule has 0 amide bonds. The predicted molar refractivity (Wildman–Crippen MR) is 78.3 cm³/mol. The lowest BCUT2D eigenvalue weighted by molar-refractivity contribution is -0.137. The van der Waals surface area contributed by atoms with Gasteiger partial charge in [-0.05, 0) is 26.7 Å². The Morgan fingerprint density at radius 1 is 1.33 bits per heavy atom. The molecule has 2 rings (SSSR count). The number of hydrogen-bond acceptors (Lipinski definition) is 4. The van der Waals surface area contributed by atoms with Crippen LogP contribution in [0.25, 0.3) is 0 Å². The molecule has 1 aromatic heterocycles. The van der Waals surface area contributed by atoms with Gasteiger partial charge in [-0.2, -0.15) is 0 Å². The van der Waals surface area contributed by atoms with E-state index in [9.17, 15) is 14.7 Å². The molecule has 1 aromatic rings. The fourth-order valence-corrected chi connectivity index (χ4v) is 3.01. The van der Waals surface area contributed by atoms with E-state index in [1.807, 2.05) is 0 Å². The number of carboxylic acid groups (broad SMARTS) is 1. The lowest BCUT2D eigenvalue weighted by Gasteiger charge is -2.39. The van der Waals surface area contributed by atoms with Crippen LogP contribution in [0.4, 0.5) is 0 Å². The van der Waals surface area contributed by atoms with E-state index in [-0.39, 0.29) is 6.54 Å². The zero-order chi connectivity index (χ0) is 15.6. The number of aliphatic carboxylic acids is 1. The Morgan fingerprint density at radius 3 is 2.52 bits per heavy atom. The lowest BCUT2D eigenvalue weighted by atomic mass is 9.97. The van der Waals surface area contributed by atoms with Crippen molar-refractivity contribution in [3.05, 3.63) is 28.2 Å². The van der Waals surface area contributed by atoms with Crippen molar-refractivity contribution in [2.45, 2.75) is 58.3 Å². The van der Waals surface area contributed by atoms with Gasteiger partial charge in [-0.25, -0.2) is 0 Å². The third-order valence-corrected chi connectivity index (χ3v) is 4.22. The molecule has 1 aliphatic heterocycles. The first-order chi connectivity index (χ1) is 9.88. The summed E-state index contributed by atoms with van der Waals surface area (Å²) in [5, 5.41) is 18.5. The average molecular weight is 294 g/mol. The molecule has 0 aromatic carbocycles. The van der Waals surface area contributed by atoms with Crippen LogP contribution in [-0.2, 0) is 17.9 Å². The van der Waals surface area contributed by atoms with Crippen molar-refractivity contribution in [1.82, 2.24) is 9.47 Å². The van der Waals surface area contributed by atoms with Gasteiger partial charge in [0.2, 0.25) is 5.43 Å². The van der Waals surface area contributed by atoms with E-state index in [1.165, 1.54) is 23.3 Å². The summed E-state index contributed by atoms with van der Waals surface area (Å²) in [4.78, 5) is 24.9. The van der Waals surface area contributed by atoms with Gasteiger partial charge in [0, 0.05) is 30.4 Å². The molecule has 6 nitrogen and oxygen atoms in total. The molecule has 2 atom stereocenters. The zero-order valence-corrected chi connectivity index (χ0v) is 12.5. The first-order valence-electron chi connectivity index (χ1n) is 7.28. The monoisotopic (exact) mass is 294 g/mol.